The highest BCUT2D eigenvalue weighted by atomic mass is 16.2. The number of benzene rings is 2. The maximum atomic E-state index is 12.6. The average molecular weight is 351 g/mol. The molecule has 5 nitrogen and oxygen atoms in total. The van der Waals surface area contributed by atoms with E-state index in [0.717, 1.165) is 30.8 Å². The molecule has 1 fully saturated rings. The van der Waals surface area contributed by atoms with Crippen LogP contribution in [0, 0.1) is 5.92 Å². The average Bonchev–Trinajstić information content (AvgIpc) is 2.69. The van der Waals surface area contributed by atoms with Gasteiger partial charge in [0.1, 0.15) is 0 Å². The van der Waals surface area contributed by atoms with Crippen LogP contribution in [0.1, 0.15) is 12.8 Å². The smallest absolute Gasteiger partial charge is 0.240 e. The zero-order chi connectivity index (χ0) is 18.4. The minimum Gasteiger partial charge on any atom is -0.326 e. The lowest BCUT2D eigenvalue weighted by atomic mass is 9.97. The molecule has 5 heteroatoms. The number of hydrogen-bond donors (Lipinski definition) is 1. The first-order chi connectivity index (χ1) is 12.6. The standard InChI is InChI=1S/C21H25N3O2/c1-23(19-12-6-3-7-13-19)20(25)16-24-14-8-9-17(15-24)21(26)22-18-10-4-2-5-11-18/h2-7,10-13,17H,8-9,14-16H2,1H3,(H,22,26)/t17-/m0/s1. The van der Waals surface area contributed by atoms with Crippen LogP contribution in [0.5, 0.6) is 0 Å². The maximum Gasteiger partial charge on any atom is 0.240 e. The molecule has 1 aliphatic rings. The molecule has 1 atom stereocenters. The van der Waals surface area contributed by atoms with E-state index in [1.54, 1.807) is 11.9 Å². The number of nitrogens with one attached hydrogen (secondary N) is 1. The minimum absolute atomic E-state index is 0.0322. The number of piperidine rings is 1. The van der Waals surface area contributed by atoms with E-state index in [2.05, 4.69) is 10.2 Å². The molecule has 0 aliphatic carbocycles. The Kier molecular flexibility index (Phi) is 6.02. The molecule has 26 heavy (non-hydrogen) atoms. The van der Waals surface area contributed by atoms with Crippen molar-refractivity contribution < 1.29 is 9.59 Å². The fraction of sp³-hybridized carbons (Fsp3) is 0.333. The molecule has 136 valence electrons. The molecule has 0 radical (unpaired) electrons. The van der Waals surface area contributed by atoms with Crippen LogP contribution in [0.25, 0.3) is 0 Å². The molecular formula is C21H25N3O2. The third kappa shape index (κ3) is 4.70. The first-order valence-electron chi connectivity index (χ1n) is 9.03. The summed E-state index contributed by atoms with van der Waals surface area (Å²) in [6.45, 7) is 1.80. The molecule has 0 aromatic heterocycles. The quantitative estimate of drug-likeness (QED) is 0.901. The summed E-state index contributed by atoms with van der Waals surface area (Å²) in [4.78, 5) is 28.8. The van der Waals surface area contributed by atoms with Crippen LogP contribution in [0.2, 0.25) is 0 Å². The Bertz CT molecular complexity index is 733. The van der Waals surface area contributed by atoms with Crippen molar-refractivity contribution in [2.45, 2.75) is 12.8 Å². The second kappa shape index (κ2) is 8.63. The van der Waals surface area contributed by atoms with Crippen molar-refractivity contribution in [3.8, 4) is 0 Å². The molecule has 0 spiro atoms. The summed E-state index contributed by atoms with van der Waals surface area (Å²) in [5.41, 5.74) is 1.70. The van der Waals surface area contributed by atoms with Crippen molar-refractivity contribution in [1.82, 2.24) is 4.90 Å². The first kappa shape index (κ1) is 18.1. The number of hydrogen-bond acceptors (Lipinski definition) is 3. The summed E-state index contributed by atoms with van der Waals surface area (Å²) >= 11 is 0. The molecule has 2 aromatic carbocycles. The summed E-state index contributed by atoms with van der Waals surface area (Å²) < 4.78 is 0. The van der Waals surface area contributed by atoms with Crippen LogP contribution in [0.4, 0.5) is 11.4 Å². The summed E-state index contributed by atoms with van der Waals surface area (Å²) in [6.07, 6.45) is 1.78. The molecule has 2 amide bonds. The topological polar surface area (TPSA) is 52.7 Å². The Labute approximate surface area is 154 Å². The Morgan fingerprint density at radius 1 is 1.08 bits per heavy atom. The van der Waals surface area contributed by atoms with E-state index in [-0.39, 0.29) is 17.7 Å². The minimum atomic E-state index is -0.0845. The van der Waals surface area contributed by atoms with Crippen molar-refractivity contribution in [2.75, 3.05) is 36.9 Å². The number of anilines is 2. The summed E-state index contributed by atoms with van der Waals surface area (Å²) in [5.74, 6) is -0.0103. The van der Waals surface area contributed by atoms with Gasteiger partial charge in [-0.25, -0.2) is 0 Å². The van der Waals surface area contributed by atoms with Gasteiger partial charge in [-0.15, -0.1) is 0 Å². The zero-order valence-electron chi connectivity index (χ0n) is 15.1. The van der Waals surface area contributed by atoms with Gasteiger partial charge in [0.2, 0.25) is 11.8 Å². The molecule has 3 rings (SSSR count). The van der Waals surface area contributed by atoms with Gasteiger partial charge in [0.05, 0.1) is 12.5 Å². The Morgan fingerprint density at radius 3 is 2.42 bits per heavy atom. The van der Waals surface area contributed by atoms with Crippen LogP contribution >= 0.6 is 0 Å². The first-order valence-corrected chi connectivity index (χ1v) is 9.03. The third-order valence-electron chi connectivity index (χ3n) is 4.79. The van der Waals surface area contributed by atoms with Crippen LogP contribution in [0.15, 0.2) is 60.7 Å². The molecular weight excluding hydrogens is 326 g/mol. The molecule has 0 saturated carbocycles. The van der Waals surface area contributed by atoms with Crippen molar-refractivity contribution in [1.29, 1.82) is 0 Å². The number of para-hydroxylation sites is 2. The predicted octanol–water partition coefficient (Wildman–Crippen LogP) is 3.00. The van der Waals surface area contributed by atoms with Crippen LogP contribution in [-0.4, -0.2) is 43.4 Å². The molecule has 2 aromatic rings. The lowest BCUT2D eigenvalue weighted by Crippen LogP contribution is -2.45. The number of likely N-dealkylation sites (tertiary alicyclic amines) is 1. The summed E-state index contributed by atoms with van der Waals surface area (Å²) in [5, 5.41) is 2.97. The zero-order valence-corrected chi connectivity index (χ0v) is 15.1. The number of likely N-dealkylation sites (N-methyl/N-ethyl adjacent to an activating group) is 1. The molecule has 1 aliphatic heterocycles. The van der Waals surface area contributed by atoms with Gasteiger partial charge in [-0.05, 0) is 43.7 Å². The van der Waals surface area contributed by atoms with E-state index in [0.29, 0.717) is 13.1 Å². The van der Waals surface area contributed by atoms with Gasteiger partial charge < -0.3 is 10.2 Å². The van der Waals surface area contributed by atoms with E-state index >= 15 is 0 Å². The van der Waals surface area contributed by atoms with Crippen LogP contribution < -0.4 is 10.2 Å². The van der Waals surface area contributed by atoms with E-state index in [4.69, 9.17) is 0 Å². The van der Waals surface area contributed by atoms with Gasteiger partial charge in [-0.1, -0.05) is 36.4 Å². The second-order valence-corrected chi connectivity index (χ2v) is 6.72. The van der Waals surface area contributed by atoms with E-state index < -0.39 is 0 Å². The number of nitrogens with zero attached hydrogens (tertiary/aromatic N) is 2. The lowest BCUT2D eigenvalue weighted by Gasteiger charge is -2.32. The summed E-state index contributed by atoms with van der Waals surface area (Å²) in [6, 6.07) is 19.1. The SMILES string of the molecule is CN(C(=O)CN1CCC[C@H](C(=O)Nc2ccccc2)C1)c1ccccc1. The molecule has 1 N–H and O–H groups in total. The highest BCUT2D eigenvalue weighted by molar-refractivity contribution is 5.95. The van der Waals surface area contributed by atoms with Gasteiger partial charge in [0.15, 0.2) is 0 Å². The molecule has 1 heterocycles. The van der Waals surface area contributed by atoms with Gasteiger partial charge >= 0.3 is 0 Å². The second-order valence-electron chi connectivity index (χ2n) is 6.72. The number of rotatable bonds is 5. The molecule has 0 bridgehead atoms. The fourth-order valence-corrected chi connectivity index (χ4v) is 3.27. The number of amides is 2. The van der Waals surface area contributed by atoms with Crippen LogP contribution in [0.3, 0.4) is 0 Å². The largest absolute Gasteiger partial charge is 0.326 e. The maximum absolute atomic E-state index is 12.6. The fourth-order valence-electron chi connectivity index (χ4n) is 3.27. The van der Waals surface area contributed by atoms with Gasteiger partial charge in [0, 0.05) is 25.0 Å². The Morgan fingerprint density at radius 2 is 1.73 bits per heavy atom. The molecule has 1 saturated heterocycles. The van der Waals surface area contributed by atoms with Gasteiger partial charge in [-0.3, -0.25) is 14.5 Å². The lowest BCUT2D eigenvalue weighted by molar-refractivity contribution is -0.124. The Balaban J connectivity index is 1.55. The van der Waals surface area contributed by atoms with Gasteiger partial charge in [0.25, 0.3) is 0 Å². The highest BCUT2D eigenvalue weighted by Gasteiger charge is 2.27. The summed E-state index contributed by atoms with van der Waals surface area (Å²) in [7, 11) is 1.79. The third-order valence-corrected chi connectivity index (χ3v) is 4.79. The van der Waals surface area contributed by atoms with Crippen molar-refractivity contribution in [3.05, 3.63) is 60.7 Å². The predicted molar refractivity (Wildman–Crippen MR) is 104 cm³/mol. The van der Waals surface area contributed by atoms with Gasteiger partial charge in [-0.2, -0.15) is 0 Å². The normalized spacial score (nSPS) is 17.5. The van der Waals surface area contributed by atoms with Crippen LogP contribution in [-0.2, 0) is 9.59 Å². The Hall–Kier alpha value is -2.66. The highest BCUT2D eigenvalue weighted by Crippen LogP contribution is 2.19. The van der Waals surface area contributed by atoms with E-state index in [9.17, 15) is 9.59 Å². The number of carbonyl (C=O) groups is 2. The van der Waals surface area contributed by atoms with E-state index in [1.165, 1.54) is 0 Å². The van der Waals surface area contributed by atoms with Crippen molar-refractivity contribution in [2.24, 2.45) is 5.92 Å². The number of carbonyl (C=O) groups excluding carboxylic acids is 2. The van der Waals surface area contributed by atoms with Crippen molar-refractivity contribution >= 4 is 23.2 Å². The molecule has 0 unspecified atom stereocenters. The monoisotopic (exact) mass is 351 g/mol. The van der Waals surface area contributed by atoms with E-state index in [1.807, 2.05) is 60.7 Å². The van der Waals surface area contributed by atoms with Crippen molar-refractivity contribution in [3.63, 3.8) is 0 Å².